The van der Waals surface area contributed by atoms with Crippen LogP contribution in [-0.2, 0) is 5.41 Å². The fourth-order valence-electron chi connectivity index (χ4n) is 7.66. The van der Waals surface area contributed by atoms with E-state index in [0.29, 0.717) is 40.3 Å². The van der Waals surface area contributed by atoms with Gasteiger partial charge in [0.15, 0.2) is 0 Å². The van der Waals surface area contributed by atoms with Gasteiger partial charge in [0, 0.05) is 45.2 Å². The smallest absolute Gasteiger partial charge is 0.269 e. The molecule has 5 fully saturated rings. The summed E-state index contributed by atoms with van der Waals surface area (Å²) in [6.07, 6.45) is 3.10. The first kappa shape index (κ1) is 23.7. The van der Waals surface area contributed by atoms with Crippen LogP contribution in [-0.4, -0.2) is 65.5 Å². The number of fused-ring (bicyclic) bond motifs is 3. The topological polar surface area (TPSA) is 94.2 Å². The van der Waals surface area contributed by atoms with E-state index in [1.807, 2.05) is 0 Å². The quantitative estimate of drug-likeness (QED) is 0.503. The fraction of sp³-hybridized carbons (Fsp3) is 0.500. The second-order valence-corrected chi connectivity index (χ2v) is 11.7. The Morgan fingerprint density at radius 1 is 1.05 bits per heavy atom. The molecule has 198 valence electrons. The van der Waals surface area contributed by atoms with E-state index in [0.717, 1.165) is 57.8 Å². The molecule has 8 rings (SSSR count). The van der Waals surface area contributed by atoms with Crippen LogP contribution in [0.25, 0.3) is 10.9 Å². The van der Waals surface area contributed by atoms with Crippen molar-refractivity contribution in [3.63, 3.8) is 0 Å². The fourth-order valence-corrected chi connectivity index (χ4v) is 7.66. The molecule has 0 spiro atoms. The molecule has 0 radical (unpaired) electrons. The summed E-state index contributed by atoms with van der Waals surface area (Å²) in [6, 6.07) is 7.44. The minimum absolute atomic E-state index is 0.0746. The van der Waals surface area contributed by atoms with Gasteiger partial charge in [0.1, 0.15) is 17.3 Å². The van der Waals surface area contributed by atoms with Crippen molar-refractivity contribution < 1.29 is 13.6 Å². The van der Waals surface area contributed by atoms with Crippen LogP contribution < -0.4 is 15.8 Å². The molecule has 3 aromatic rings. The highest BCUT2D eigenvalue weighted by molar-refractivity contribution is 5.92. The number of aromatic amines is 1. The first-order valence-electron chi connectivity index (χ1n) is 13.4. The van der Waals surface area contributed by atoms with Gasteiger partial charge in [0.25, 0.3) is 11.5 Å². The molecule has 3 saturated carbocycles. The largest absolute Gasteiger partial charge is 0.367 e. The lowest BCUT2D eigenvalue weighted by Gasteiger charge is -2.37. The minimum Gasteiger partial charge on any atom is -0.367 e. The van der Waals surface area contributed by atoms with Gasteiger partial charge in [0.05, 0.1) is 16.6 Å². The Bertz CT molecular complexity index is 1490. The Morgan fingerprint density at radius 2 is 1.82 bits per heavy atom. The van der Waals surface area contributed by atoms with Gasteiger partial charge in [-0.05, 0) is 73.3 Å². The van der Waals surface area contributed by atoms with Crippen molar-refractivity contribution in [3.8, 4) is 0 Å². The summed E-state index contributed by atoms with van der Waals surface area (Å²) < 4.78 is 28.3. The third-order valence-electron chi connectivity index (χ3n) is 9.48. The highest BCUT2D eigenvalue weighted by atomic mass is 19.1. The summed E-state index contributed by atoms with van der Waals surface area (Å²) in [7, 11) is 1.50. The second kappa shape index (κ2) is 8.56. The lowest BCUT2D eigenvalue weighted by molar-refractivity contribution is 0.0957. The zero-order valence-electron chi connectivity index (χ0n) is 21.2. The number of amides is 1. The molecule has 4 heterocycles. The van der Waals surface area contributed by atoms with Crippen LogP contribution in [0.1, 0.15) is 35.6 Å². The first-order valence-corrected chi connectivity index (χ1v) is 13.4. The SMILES string of the molecule is CNC(=O)c1ccc(N2C[C@H]3CN(C[C@H]4CC5(c6nc7ccc(F)cc7c(=O)[nH]6)CC4C5)C[C@H]3C2)c(F)n1. The van der Waals surface area contributed by atoms with Gasteiger partial charge in [-0.15, -0.1) is 0 Å². The maximum absolute atomic E-state index is 14.7. The maximum Gasteiger partial charge on any atom is 0.269 e. The summed E-state index contributed by atoms with van der Waals surface area (Å²) in [5.74, 6) is 1.51. The van der Waals surface area contributed by atoms with Gasteiger partial charge in [0.2, 0.25) is 5.95 Å². The van der Waals surface area contributed by atoms with Crippen molar-refractivity contribution in [2.24, 2.45) is 23.7 Å². The predicted octanol–water partition coefficient (Wildman–Crippen LogP) is 2.69. The lowest BCUT2D eigenvalue weighted by atomic mass is 9.68. The number of nitrogens with one attached hydrogen (secondary N) is 2. The molecule has 3 atom stereocenters. The van der Waals surface area contributed by atoms with E-state index >= 15 is 0 Å². The molecular weight excluding hydrogens is 490 g/mol. The third kappa shape index (κ3) is 3.72. The summed E-state index contributed by atoms with van der Waals surface area (Å²) >= 11 is 0. The zero-order chi connectivity index (χ0) is 26.2. The summed E-state index contributed by atoms with van der Waals surface area (Å²) in [5.41, 5.74) is 0.769. The number of benzene rings is 1. The maximum atomic E-state index is 14.7. The van der Waals surface area contributed by atoms with Crippen molar-refractivity contribution in [3.05, 3.63) is 64.0 Å². The number of H-pyrrole nitrogens is 1. The number of anilines is 1. The van der Waals surface area contributed by atoms with Crippen molar-refractivity contribution in [1.82, 2.24) is 25.2 Å². The summed E-state index contributed by atoms with van der Waals surface area (Å²) in [6.45, 7) is 4.62. The number of rotatable bonds is 5. The van der Waals surface area contributed by atoms with Crippen LogP contribution in [0.2, 0.25) is 0 Å². The normalized spacial score (nSPS) is 30.0. The molecule has 1 aromatic carbocycles. The van der Waals surface area contributed by atoms with E-state index in [4.69, 9.17) is 4.98 Å². The Morgan fingerprint density at radius 3 is 2.53 bits per heavy atom. The van der Waals surface area contributed by atoms with Crippen molar-refractivity contribution >= 4 is 22.5 Å². The number of hydrogen-bond acceptors (Lipinski definition) is 6. The van der Waals surface area contributed by atoms with Gasteiger partial charge in [-0.3, -0.25) is 9.59 Å². The number of carbonyl (C=O) groups is 1. The average molecular weight is 521 g/mol. The summed E-state index contributed by atoms with van der Waals surface area (Å²) in [4.78, 5) is 40.6. The van der Waals surface area contributed by atoms with Crippen LogP contribution >= 0.6 is 0 Å². The number of hydrogen-bond donors (Lipinski definition) is 2. The number of likely N-dealkylation sites (tertiary alicyclic amines) is 1. The third-order valence-corrected chi connectivity index (χ3v) is 9.48. The Kier molecular flexibility index (Phi) is 5.34. The molecule has 5 aliphatic rings. The number of pyridine rings is 1. The van der Waals surface area contributed by atoms with E-state index in [1.165, 1.54) is 19.2 Å². The molecule has 38 heavy (non-hydrogen) atoms. The minimum atomic E-state index is -0.593. The van der Waals surface area contributed by atoms with E-state index in [-0.39, 0.29) is 16.7 Å². The van der Waals surface area contributed by atoms with E-state index in [2.05, 4.69) is 25.1 Å². The first-order chi connectivity index (χ1) is 18.3. The second-order valence-electron chi connectivity index (χ2n) is 11.7. The standard InChI is InChI=1S/C28H30F2N6O2/c1-31-26(38)22-4-5-23(24(30)32-22)36-13-17-11-35(12-18(17)14-36)10-16-9-28(7-15(16)8-28)27-33-21-3-2-19(29)6-20(21)25(37)34-27/h2-6,15-18H,7-14H2,1H3,(H,31,38)(H,33,34,37)/t15?,16-,17-,18+,28?/m1/s1. The van der Waals surface area contributed by atoms with Crippen LogP contribution in [0.4, 0.5) is 14.5 Å². The molecule has 10 heteroatoms. The summed E-state index contributed by atoms with van der Waals surface area (Å²) in [5, 5.41) is 2.77. The van der Waals surface area contributed by atoms with Gasteiger partial charge >= 0.3 is 0 Å². The zero-order valence-corrected chi connectivity index (χ0v) is 21.2. The molecule has 2 bridgehead atoms. The Balaban J connectivity index is 0.989. The number of carbonyl (C=O) groups excluding carboxylic acids is 1. The number of nitrogens with zero attached hydrogens (tertiary/aromatic N) is 4. The molecule has 2 aromatic heterocycles. The van der Waals surface area contributed by atoms with Crippen LogP contribution in [0.5, 0.6) is 0 Å². The highest BCUT2D eigenvalue weighted by Gasteiger charge is 2.58. The van der Waals surface area contributed by atoms with E-state index in [1.54, 1.807) is 18.2 Å². The monoisotopic (exact) mass is 520 g/mol. The van der Waals surface area contributed by atoms with Gasteiger partial charge < -0.3 is 20.1 Å². The predicted molar refractivity (Wildman–Crippen MR) is 138 cm³/mol. The number of halogens is 2. The van der Waals surface area contributed by atoms with Crippen molar-refractivity contribution in [1.29, 1.82) is 0 Å². The van der Waals surface area contributed by atoms with Gasteiger partial charge in [-0.25, -0.2) is 14.4 Å². The van der Waals surface area contributed by atoms with Crippen LogP contribution in [0.3, 0.4) is 0 Å². The van der Waals surface area contributed by atoms with Crippen LogP contribution in [0, 0.1) is 35.4 Å². The van der Waals surface area contributed by atoms with E-state index in [9.17, 15) is 18.4 Å². The molecule has 2 saturated heterocycles. The van der Waals surface area contributed by atoms with Gasteiger partial charge in [-0.1, -0.05) is 0 Å². The van der Waals surface area contributed by atoms with Gasteiger partial charge in [-0.2, -0.15) is 4.39 Å². The molecule has 3 aliphatic carbocycles. The van der Waals surface area contributed by atoms with Crippen molar-refractivity contribution in [2.45, 2.75) is 24.7 Å². The lowest BCUT2D eigenvalue weighted by Crippen LogP contribution is -2.36. The molecule has 1 amide bonds. The molecule has 8 nitrogen and oxygen atoms in total. The molecule has 0 unspecified atom stereocenters. The van der Waals surface area contributed by atoms with Crippen LogP contribution in [0.15, 0.2) is 35.1 Å². The molecular formula is C28H30F2N6O2. The van der Waals surface area contributed by atoms with Crippen molar-refractivity contribution in [2.75, 3.05) is 44.7 Å². The Labute approximate surface area is 218 Å². The molecule has 2 N–H and O–H groups in total. The highest BCUT2D eigenvalue weighted by Crippen LogP contribution is 2.62. The van der Waals surface area contributed by atoms with E-state index < -0.39 is 17.7 Å². The Hall–Kier alpha value is -3.40. The molecule has 2 aliphatic heterocycles. The average Bonchev–Trinajstić information content (AvgIpc) is 3.62. The number of aromatic nitrogens is 3.